The van der Waals surface area contributed by atoms with E-state index in [1.807, 2.05) is 44.2 Å². The number of carbonyl (C=O) groups excluding carboxylic acids is 1. The predicted octanol–water partition coefficient (Wildman–Crippen LogP) is 3.42. The molecule has 0 aliphatic rings. The Morgan fingerprint density at radius 2 is 1.69 bits per heavy atom. The van der Waals surface area contributed by atoms with Gasteiger partial charge in [0, 0.05) is 13.0 Å². The van der Waals surface area contributed by atoms with Gasteiger partial charge in [0.05, 0.1) is 18.0 Å². The van der Waals surface area contributed by atoms with Crippen LogP contribution < -0.4 is 9.62 Å². The maximum atomic E-state index is 12.2. The normalized spacial score (nSPS) is 12.4. The molecule has 26 heavy (non-hydrogen) atoms. The molecule has 0 bridgehead atoms. The number of hydrogen-bond donors (Lipinski definition) is 1. The van der Waals surface area contributed by atoms with E-state index < -0.39 is 10.0 Å². The molecule has 0 aromatic heterocycles. The Hall–Kier alpha value is -2.34. The number of nitrogens with one attached hydrogen (secondary N) is 1. The Labute approximate surface area is 156 Å². The number of hydrogen-bond acceptors (Lipinski definition) is 3. The predicted molar refractivity (Wildman–Crippen MR) is 106 cm³/mol. The molecule has 140 valence electrons. The monoisotopic (exact) mass is 374 g/mol. The summed E-state index contributed by atoms with van der Waals surface area (Å²) in [5.41, 5.74) is 2.84. The van der Waals surface area contributed by atoms with E-state index in [4.69, 9.17) is 0 Å². The minimum atomic E-state index is -3.38. The molecule has 0 fully saturated rings. The van der Waals surface area contributed by atoms with Crippen molar-refractivity contribution in [2.75, 3.05) is 17.1 Å². The maximum Gasteiger partial charge on any atom is 0.232 e. The van der Waals surface area contributed by atoms with Crippen molar-refractivity contribution in [1.82, 2.24) is 5.32 Å². The van der Waals surface area contributed by atoms with Gasteiger partial charge in [-0.25, -0.2) is 8.42 Å². The first-order valence-corrected chi connectivity index (χ1v) is 10.5. The standard InChI is InChI=1S/C20H26N2O3S/c1-16-11-13-18(14-12-16)17(2)21-20(23)10-7-15-22(26(3,24)25)19-8-5-4-6-9-19/h4-6,8-9,11-14,17H,7,10,15H2,1-3H3,(H,21,23)/t17-/m0/s1. The number of sulfonamides is 1. The average Bonchev–Trinajstić information content (AvgIpc) is 2.59. The molecule has 1 atom stereocenters. The second-order valence-electron chi connectivity index (χ2n) is 6.47. The lowest BCUT2D eigenvalue weighted by molar-refractivity contribution is -0.121. The largest absolute Gasteiger partial charge is 0.350 e. The molecule has 5 nitrogen and oxygen atoms in total. The summed E-state index contributed by atoms with van der Waals surface area (Å²) in [5.74, 6) is -0.0837. The first-order chi connectivity index (χ1) is 12.3. The number of rotatable bonds is 8. The van der Waals surface area contributed by atoms with Gasteiger partial charge in [0.15, 0.2) is 0 Å². The van der Waals surface area contributed by atoms with E-state index >= 15 is 0 Å². The van der Waals surface area contributed by atoms with Crippen molar-refractivity contribution in [2.45, 2.75) is 32.7 Å². The van der Waals surface area contributed by atoms with Crippen LogP contribution in [0.25, 0.3) is 0 Å². The summed E-state index contributed by atoms with van der Waals surface area (Å²) >= 11 is 0. The molecule has 0 radical (unpaired) electrons. The van der Waals surface area contributed by atoms with Gasteiger partial charge >= 0.3 is 0 Å². The second kappa shape index (κ2) is 8.85. The Morgan fingerprint density at radius 3 is 2.27 bits per heavy atom. The number of amides is 1. The lowest BCUT2D eigenvalue weighted by atomic mass is 10.1. The number of para-hydroxylation sites is 1. The summed E-state index contributed by atoms with van der Waals surface area (Å²) in [5, 5.41) is 2.96. The van der Waals surface area contributed by atoms with Crippen LogP contribution in [0.5, 0.6) is 0 Å². The zero-order chi connectivity index (χ0) is 19.2. The Bertz CT molecular complexity index is 818. The molecule has 0 aliphatic heterocycles. The van der Waals surface area contributed by atoms with E-state index in [0.29, 0.717) is 12.1 Å². The van der Waals surface area contributed by atoms with Gasteiger partial charge < -0.3 is 5.32 Å². The third-order valence-electron chi connectivity index (χ3n) is 4.16. The van der Waals surface area contributed by atoms with Crippen LogP contribution in [0.15, 0.2) is 54.6 Å². The molecular weight excluding hydrogens is 348 g/mol. The van der Waals surface area contributed by atoms with E-state index in [1.165, 1.54) is 16.1 Å². The molecule has 1 N–H and O–H groups in total. The molecule has 0 unspecified atom stereocenters. The molecule has 0 aliphatic carbocycles. The molecule has 0 saturated carbocycles. The Balaban J connectivity index is 1.89. The summed E-state index contributed by atoms with van der Waals surface area (Å²) < 4.78 is 25.4. The summed E-state index contributed by atoms with van der Waals surface area (Å²) in [6.45, 7) is 4.23. The molecular formula is C20H26N2O3S. The summed E-state index contributed by atoms with van der Waals surface area (Å²) in [6.07, 6.45) is 1.91. The van der Waals surface area contributed by atoms with Gasteiger partial charge in [-0.2, -0.15) is 0 Å². The van der Waals surface area contributed by atoms with Crippen LogP contribution >= 0.6 is 0 Å². The van der Waals surface area contributed by atoms with Crippen LogP contribution in [-0.2, 0) is 14.8 Å². The van der Waals surface area contributed by atoms with Gasteiger partial charge in [-0.3, -0.25) is 9.10 Å². The molecule has 6 heteroatoms. The molecule has 0 spiro atoms. The Kier molecular flexibility index (Phi) is 6.80. The summed E-state index contributed by atoms with van der Waals surface area (Å²) in [4.78, 5) is 12.2. The first-order valence-electron chi connectivity index (χ1n) is 8.66. The minimum absolute atomic E-state index is 0.0803. The van der Waals surface area contributed by atoms with Crippen molar-refractivity contribution in [2.24, 2.45) is 0 Å². The number of carbonyl (C=O) groups is 1. The molecule has 0 heterocycles. The zero-order valence-corrected chi connectivity index (χ0v) is 16.3. The number of benzene rings is 2. The maximum absolute atomic E-state index is 12.2. The molecule has 2 rings (SSSR count). The number of aryl methyl sites for hydroxylation is 1. The van der Waals surface area contributed by atoms with Crippen LogP contribution in [0.3, 0.4) is 0 Å². The number of nitrogens with zero attached hydrogens (tertiary/aromatic N) is 1. The average molecular weight is 375 g/mol. The third-order valence-corrected chi connectivity index (χ3v) is 5.36. The van der Waals surface area contributed by atoms with Crippen molar-refractivity contribution < 1.29 is 13.2 Å². The Morgan fingerprint density at radius 1 is 1.08 bits per heavy atom. The second-order valence-corrected chi connectivity index (χ2v) is 8.38. The fourth-order valence-corrected chi connectivity index (χ4v) is 3.68. The van der Waals surface area contributed by atoms with Gasteiger partial charge in [0.2, 0.25) is 15.9 Å². The highest BCUT2D eigenvalue weighted by molar-refractivity contribution is 7.92. The van der Waals surface area contributed by atoms with Gasteiger partial charge in [-0.15, -0.1) is 0 Å². The lowest BCUT2D eigenvalue weighted by Crippen LogP contribution is -2.32. The quantitative estimate of drug-likeness (QED) is 0.770. The van der Waals surface area contributed by atoms with E-state index in [1.54, 1.807) is 24.3 Å². The molecule has 0 saturated heterocycles. The highest BCUT2D eigenvalue weighted by Gasteiger charge is 2.17. The van der Waals surface area contributed by atoms with Crippen LogP contribution in [0.2, 0.25) is 0 Å². The van der Waals surface area contributed by atoms with Gasteiger partial charge in [0.1, 0.15) is 0 Å². The fourth-order valence-electron chi connectivity index (χ4n) is 2.72. The van der Waals surface area contributed by atoms with Crippen LogP contribution in [0.1, 0.15) is 36.9 Å². The smallest absolute Gasteiger partial charge is 0.232 e. The van der Waals surface area contributed by atoms with Crippen LogP contribution in [-0.4, -0.2) is 27.1 Å². The first kappa shape index (κ1) is 20.0. The van der Waals surface area contributed by atoms with E-state index in [0.717, 1.165) is 5.56 Å². The summed E-state index contributed by atoms with van der Waals surface area (Å²) in [7, 11) is -3.38. The van der Waals surface area contributed by atoms with Gasteiger partial charge in [-0.1, -0.05) is 48.0 Å². The molecule has 2 aromatic rings. The molecule has 1 amide bonds. The topological polar surface area (TPSA) is 66.5 Å². The minimum Gasteiger partial charge on any atom is -0.350 e. The number of anilines is 1. The highest BCUT2D eigenvalue weighted by Crippen LogP contribution is 2.18. The van der Waals surface area contributed by atoms with Crippen LogP contribution in [0.4, 0.5) is 5.69 Å². The van der Waals surface area contributed by atoms with Gasteiger partial charge in [0.25, 0.3) is 0 Å². The van der Waals surface area contributed by atoms with Crippen molar-refractivity contribution in [3.05, 3.63) is 65.7 Å². The zero-order valence-electron chi connectivity index (χ0n) is 15.5. The highest BCUT2D eigenvalue weighted by atomic mass is 32.2. The third kappa shape index (κ3) is 5.88. The van der Waals surface area contributed by atoms with Crippen molar-refractivity contribution in [1.29, 1.82) is 0 Å². The van der Waals surface area contributed by atoms with Crippen molar-refractivity contribution in [3.63, 3.8) is 0 Å². The molecule has 2 aromatic carbocycles. The van der Waals surface area contributed by atoms with E-state index in [-0.39, 0.29) is 24.9 Å². The van der Waals surface area contributed by atoms with E-state index in [2.05, 4.69) is 5.32 Å². The van der Waals surface area contributed by atoms with E-state index in [9.17, 15) is 13.2 Å². The van der Waals surface area contributed by atoms with Crippen molar-refractivity contribution in [3.8, 4) is 0 Å². The fraction of sp³-hybridized carbons (Fsp3) is 0.350. The van der Waals surface area contributed by atoms with Gasteiger partial charge in [-0.05, 0) is 38.0 Å². The van der Waals surface area contributed by atoms with Crippen molar-refractivity contribution >= 4 is 21.6 Å². The summed E-state index contributed by atoms with van der Waals surface area (Å²) in [6, 6.07) is 16.9. The SMILES string of the molecule is Cc1ccc([C@H](C)NC(=O)CCCN(c2ccccc2)S(C)(=O)=O)cc1. The van der Waals surface area contributed by atoms with Crippen LogP contribution in [0, 0.1) is 6.92 Å². The lowest BCUT2D eigenvalue weighted by Gasteiger charge is -2.22.